The highest BCUT2D eigenvalue weighted by Gasteiger charge is 2.43. The van der Waals surface area contributed by atoms with Crippen molar-refractivity contribution in [2.75, 3.05) is 26.8 Å². The van der Waals surface area contributed by atoms with Gasteiger partial charge in [0.25, 0.3) is 0 Å². The molecule has 2 amide bonds. The van der Waals surface area contributed by atoms with Gasteiger partial charge in [-0.3, -0.25) is 4.79 Å². The van der Waals surface area contributed by atoms with E-state index in [1.54, 1.807) is 18.1 Å². The smallest absolute Gasteiger partial charge is 0.410 e. The minimum absolute atomic E-state index is 0.0348. The zero-order valence-corrected chi connectivity index (χ0v) is 28.0. The van der Waals surface area contributed by atoms with Crippen LogP contribution in [0.25, 0.3) is 22.0 Å². The fourth-order valence-electron chi connectivity index (χ4n) is 6.91. The molecular weight excluding hydrogens is 593 g/mol. The molecule has 248 valence electrons. The summed E-state index contributed by atoms with van der Waals surface area (Å²) in [5.41, 5.74) is 4.18. The van der Waals surface area contributed by atoms with E-state index in [1.165, 1.54) is 6.07 Å². The number of para-hydroxylation sites is 1. The fourth-order valence-corrected chi connectivity index (χ4v) is 6.91. The van der Waals surface area contributed by atoms with Gasteiger partial charge in [0.05, 0.1) is 11.4 Å². The summed E-state index contributed by atoms with van der Waals surface area (Å²) < 4.78 is 28.1. The lowest BCUT2D eigenvalue weighted by molar-refractivity contribution is -0.139. The van der Waals surface area contributed by atoms with Gasteiger partial charge in [-0.1, -0.05) is 66.7 Å². The molecule has 2 fully saturated rings. The summed E-state index contributed by atoms with van der Waals surface area (Å²) in [5, 5.41) is 0.826. The lowest BCUT2D eigenvalue weighted by Gasteiger charge is -2.40. The van der Waals surface area contributed by atoms with E-state index in [9.17, 15) is 9.59 Å². The van der Waals surface area contributed by atoms with E-state index in [0.29, 0.717) is 38.2 Å². The molecule has 4 aromatic rings. The van der Waals surface area contributed by atoms with E-state index in [4.69, 9.17) is 9.47 Å². The Balaban J connectivity index is 1.33. The number of hydrogen-bond acceptors (Lipinski definition) is 4. The Morgan fingerprint density at radius 2 is 1.70 bits per heavy atom. The monoisotopic (exact) mass is 639 g/mol. The number of rotatable bonds is 10. The van der Waals surface area contributed by atoms with Crippen molar-refractivity contribution in [1.29, 1.82) is 0 Å². The molecule has 1 saturated heterocycles. The van der Waals surface area contributed by atoms with E-state index in [1.807, 2.05) is 60.7 Å². The highest BCUT2D eigenvalue weighted by atomic mass is 19.1. The van der Waals surface area contributed by atoms with Gasteiger partial charge in [-0.2, -0.15) is 0 Å². The average Bonchev–Trinajstić information content (AvgIpc) is 3.84. The minimum Gasteiger partial charge on any atom is -0.444 e. The van der Waals surface area contributed by atoms with E-state index in [2.05, 4.69) is 36.4 Å². The minimum atomic E-state index is -0.635. The highest BCUT2D eigenvalue weighted by molar-refractivity contribution is 5.86. The topological polar surface area (TPSA) is 64.0 Å². The Morgan fingerprint density at radius 3 is 2.43 bits per heavy atom. The van der Waals surface area contributed by atoms with Crippen molar-refractivity contribution in [2.45, 2.75) is 77.1 Å². The molecule has 8 heteroatoms. The lowest BCUT2D eigenvalue weighted by Crippen LogP contribution is -2.51. The van der Waals surface area contributed by atoms with Gasteiger partial charge in [-0.25, -0.2) is 9.18 Å². The molecule has 0 N–H and O–H groups in total. The molecule has 0 spiro atoms. The molecule has 3 aromatic carbocycles. The Labute approximate surface area is 277 Å². The van der Waals surface area contributed by atoms with Crippen molar-refractivity contribution in [2.24, 2.45) is 5.92 Å². The van der Waals surface area contributed by atoms with Crippen molar-refractivity contribution >= 4 is 22.9 Å². The zero-order valence-electron chi connectivity index (χ0n) is 28.0. The highest BCUT2D eigenvalue weighted by Crippen LogP contribution is 2.40. The molecule has 0 unspecified atom stereocenters. The predicted octanol–water partition coefficient (Wildman–Crippen LogP) is 8.02. The summed E-state index contributed by atoms with van der Waals surface area (Å²) in [6, 6.07) is 24.0. The molecule has 1 aromatic heterocycles. The van der Waals surface area contributed by atoms with Crippen molar-refractivity contribution in [1.82, 2.24) is 14.4 Å². The fraction of sp³-hybridized carbons (Fsp3) is 0.436. The van der Waals surface area contributed by atoms with Crippen LogP contribution in [0.3, 0.4) is 0 Å². The first-order chi connectivity index (χ1) is 22.6. The summed E-state index contributed by atoms with van der Waals surface area (Å²) in [6.45, 7) is 7.96. The molecule has 2 aliphatic rings. The maximum absolute atomic E-state index is 15.2. The van der Waals surface area contributed by atoms with Gasteiger partial charge in [0.2, 0.25) is 5.91 Å². The number of benzene rings is 3. The first kappa shape index (κ1) is 32.8. The predicted molar refractivity (Wildman–Crippen MR) is 182 cm³/mol. The van der Waals surface area contributed by atoms with Gasteiger partial charge in [0, 0.05) is 57.5 Å². The number of ether oxygens (including phenoxy) is 2. The third kappa shape index (κ3) is 7.54. The standard InChI is InChI=1S/C39H46FN3O4/c1-39(2,3)47-38(45)42-21-19-32(29-14-8-13-28(23-29)27-11-6-5-7-12-27)34(26-42)37(44)43(31-17-18-31)25-30-24-41(20-10-22-46-4)36-33(30)15-9-16-35(36)40/h5-9,11-16,23-24,31-32,34H,10,17-22,25-26H2,1-4H3/t32-,34+/m1/s1. The summed E-state index contributed by atoms with van der Waals surface area (Å²) in [4.78, 5) is 31.8. The van der Waals surface area contributed by atoms with Crippen LogP contribution >= 0.6 is 0 Å². The molecule has 47 heavy (non-hydrogen) atoms. The Hall–Kier alpha value is -4.17. The van der Waals surface area contributed by atoms with E-state index in [0.717, 1.165) is 46.9 Å². The van der Waals surface area contributed by atoms with Crippen LogP contribution in [0.5, 0.6) is 0 Å². The maximum atomic E-state index is 15.2. The number of aromatic nitrogens is 1. The van der Waals surface area contributed by atoms with Crippen LogP contribution in [0.2, 0.25) is 0 Å². The number of amides is 2. The Morgan fingerprint density at radius 1 is 0.957 bits per heavy atom. The van der Waals surface area contributed by atoms with E-state index < -0.39 is 11.5 Å². The summed E-state index contributed by atoms with van der Waals surface area (Å²) in [7, 11) is 1.67. The van der Waals surface area contributed by atoms with Crippen molar-refractivity contribution < 1.29 is 23.5 Å². The molecule has 7 nitrogen and oxygen atoms in total. The van der Waals surface area contributed by atoms with Gasteiger partial charge >= 0.3 is 6.09 Å². The number of halogens is 1. The largest absolute Gasteiger partial charge is 0.444 e. The molecule has 1 aliphatic carbocycles. The van der Waals surface area contributed by atoms with Gasteiger partial charge in [-0.15, -0.1) is 0 Å². The number of carbonyl (C=O) groups excluding carboxylic acids is 2. The second kappa shape index (κ2) is 13.9. The number of nitrogens with zero attached hydrogens (tertiary/aromatic N) is 3. The molecule has 1 saturated carbocycles. The SMILES string of the molecule is COCCCn1cc(CN(C(=O)[C@H]2CN(C(=O)OC(C)(C)C)CC[C@@H]2c2cccc(-c3ccccc3)c2)C2CC2)c2cccc(F)c21. The number of aryl methyl sites for hydroxylation is 1. The molecule has 2 atom stereocenters. The van der Waals surface area contributed by atoms with Crippen molar-refractivity contribution in [3.05, 3.63) is 95.9 Å². The first-order valence-corrected chi connectivity index (χ1v) is 16.8. The third-order valence-corrected chi connectivity index (χ3v) is 9.29. The Kier molecular flexibility index (Phi) is 9.69. The lowest BCUT2D eigenvalue weighted by atomic mass is 9.79. The third-order valence-electron chi connectivity index (χ3n) is 9.29. The summed E-state index contributed by atoms with van der Waals surface area (Å²) in [6.07, 6.45) is 4.88. The van der Waals surface area contributed by atoms with Crippen LogP contribution in [0.4, 0.5) is 9.18 Å². The van der Waals surface area contributed by atoms with E-state index in [-0.39, 0.29) is 36.3 Å². The summed E-state index contributed by atoms with van der Waals surface area (Å²) >= 11 is 0. The number of methoxy groups -OCH3 is 1. The number of carbonyl (C=O) groups is 2. The van der Waals surface area contributed by atoms with Crippen LogP contribution in [-0.2, 0) is 27.4 Å². The van der Waals surface area contributed by atoms with Crippen molar-refractivity contribution in [3.8, 4) is 11.1 Å². The second-order valence-corrected chi connectivity index (χ2v) is 13.9. The molecular formula is C39H46FN3O4. The second-order valence-electron chi connectivity index (χ2n) is 13.9. The zero-order chi connectivity index (χ0) is 33.1. The normalized spacial score (nSPS) is 18.4. The first-order valence-electron chi connectivity index (χ1n) is 16.8. The van der Waals surface area contributed by atoms with Crippen molar-refractivity contribution in [3.63, 3.8) is 0 Å². The average molecular weight is 640 g/mol. The van der Waals surface area contributed by atoms with Crippen LogP contribution in [-0.4, -0.2) is 64.8 Å². The summed E-state index contributed by atoms with van der Waals surface area (Å²) in [5.74, 6) is -0.754. The van der Waals surface area contributed by atoms with Gasteiger partial charge in [0.15, 0.2) is 0 Å². The van der Waals surface area contributed by atoms with Crippen LogP contribution in [0.15, 0.2) is 79.0 Å². The van der Waals surface area contributed by atoms with Crippen LogP contribution in [0, 0.1) is 11.7 Å². The van der Waals surface area contributed by atoms with Gasteiger partial charge < -0.3 is 23.8 Å². The van der Waals surface area contributed by atoms with Gasteiger partial charge in [-0.05, 0) is 80.7 Å². The molecule has 2 heterocycles. The van der Waals surface area contributed by atoms with E-state index >= 15 is 4.39 Å². The molecule has 0 radical (unpaired) electrons. The van der Waals surface area contributed by atoms with Crippen LogP contribution in [0.1, 0.15) is 63.5 Å². The number of hydrogen-bond donors (Lipinski definition) is 0. The number of piperidine rings is 1. The van der Waals surface area contributed by atoms with Crippen LogP contribution < -0.4 is 0 Å². The Bertz CT molecular complexity index is 1710. The molecule has 1 aliphatic heterocycles. The maximum Gasteiger partial charge on any atom is 0.410 e. The number of likely N-dealkylation sites (tertiary alicyclic amines) is 1. The quantitative estimate of drug-likeness (QED) is 0.165. The molecule has 6 rings (SSSR count). The molecule has 0 bridgehead atoms. The van der Waals surface area contributed by atoms with Gasteiger partial charge in [0.1, 0.15) is 11.4 Å². The number of fused-ring (bicyclic) bond motifs is 1.